The molecule has 0 aromatic carbocycles. The van der Waals surface area contributed by atoms with Crippen LogP contribution in [-0.2, 0) is 0 Å². The smallest absolute Gasteiger partial charge is 0.409 e. The fourth-order valence-electron chi connectivity index (χ4n) is 1.04. The number of hydrogen-bond donors (Lipinski definition) is 2. The molecule has 2 N–H and O–H groups in total. The van der Waals surface area contributed by atoms with Gasteiger partial charge in [-0.15, -0.1) is 0 Å². The van der Waals surface area contributed by atoms with Gasteiger partial charge in [0, 0.05) is 11.5 Å². The number of ketones is 1. The Morgan fingerprint density at radius 3 is 2.47 bits per heavy atom. The second kappa shape index (κ2) is 3.76. The van der Waals surface area contributed by atoms with Gasteiger partial charge in [-0.3, -0.25) is 10.1 Å². The molecule has 1 aromatic rings. The van der Waals surface area contributed by atoms with Crippen molar-refractivity contribution in [2.45, 2.75) is 20.8 Å². The van der Waals surface area contributed by atoms with Gasteiger partial charge in [0.2, 0.25) is 5.78 Å². The van der Waals surface area contributed by atoms with Crippen LogP contribution in [0.5, 0.6) is 0 Å². The monoisotopic (exact) mass is 211 g/mol. The zero-order valence-electron chi connectivity index (χ0n) is 8.83. The van der Waals surface area contributed by atoms with Gasteiger partial charge >= 0.3 is 6.09 Å². The van der Waals surface area contributed by atoms with E-state index in [0.717, 1.165) is 0 Å². The third-order valence-electron chi connectivity index (χ3n) is 1.79. The van der Waals surface area contributed by atoms with Crippen LogP contribution in [0.3, 0.4) is 0 Å². The fraction of sp³-hybridized carbons (Fsp3) is 0.400. The Labute approximate surface area is 87.1 Å². The molecule has 15 heavy (non-hydrogen) atoms. The molecule has 0 atom stereocenters. The van der Waals surface area contributed by atoms with Crippen LogP contribution >= 0.6 is 0 Å². The fourth-order valence-corrected chi connectivity index (χ4v) is 1.04. The molecular formula is C10H13NO4. The summed E-state index contributed by atoms with van der Waals surface area (Å²) in [5.41, 5.74) is -0.422. The van der Waals surface area contributed by atoms with Gasteiger partial charge < -0.3 is 9.52 Å². The number of furan rings is 1. The van der Waals surface area contributed by atoms with Crippen LogP contribution < -0.4 is 5.32 Å². The van der Waals surface area contributed by atoms with Gasteiger partial charge in [-0.2, -0.15) is 0 Å². The first-order chi connectivity index (χ1) is 6.82. The third kappa shape index (κ3) is 2.59. The number of carboxylic acid groups (broad SMARTS) is 1. The summed E-state index contributed by atoms with van der Waals surface area (Å²) in [4.78, 5) is 22.2. The molecule has 0 fully saturated rings. The van der Waals surface area contributed by atoms with Crippen LogP contribution in [0.1, 0.15) is 31.3 Å². The Morgan fingerprint density at radius 2 is 2.00 bits per heavy atom. The summed E-state index contributed by atoms with van der Waals surface area (Å²) in [5.74, 6) is -0.193. The largest absolute Gasteiger partial charge is 0.465 e. The minimum absolute atomic E-state index is 0.0462. The van der Waals surface area contributed by atoms with E-state index in [1.54, 1.807) is 20.8 Å². The molecular weight excluding hydrogens is 198 g/mol. The van der Waals surface area contributed by atoms with Gasteiger partial charge in [0.25, 0.3) is 0 Å². The van der Waals surface area contributed by atoms with Gasteiger partial charge in [-0.25, -0.2) is 4.79 Å². The van der Waals surface area contributed by atoms with Crippen molar-refractivity contribution in [3.8, 4) is 0 Å². The number of nitrogens with one attached hydrogen (secondary N) is 1. The first kappa shape index (κ1) is 11.3. The van der Waals surface area contributed by atoms with Gasteiger partial charge in [0.1, 0.15) is 0 Å². The topological polar surface area (TPSA) is 79.5 Å². The lowest BCUT2D eigenvalue weighted by atomic mass is 9.89. The SMILES string of the molecule is CC(C)(C)C(=O)c1occc1NC(=O)O. The van der Waals surface area contributed by atoms with E-state index < -0.39 is 11.5 Å². The molecule has 0 bridgehead atoms. The summed E-state index contributed by atoms with van der Waals surface area (Å²) >= 11 is 0. The second-order valence-corrected chi connectivity index (χ2v) is 4.17. The number of carbonyl (C=O) groups excluding carboxylic acids is 1. The Hall–Kier alpha value is -1.78. The lowest BCUT2D eigenvalue weighted by molar-refractivity contribution is 0.0830. The normalized spacial score (nSPS) is 11.1. The van der Waals surface area contributed by atoms with Crippen molar-refractivity contribution < 1.29 is 19.1 Å². The molecule has 0 saturated carbocycles. The van der Waals surface area contributed by atoms with Crippen LogP contribution in [0.2, 0.25) is 0 Å². The highest BCUT2D eigenvalue weighted by Gasteiger charge is 2.28. The lowest BCUT2D eigenvalue weighted by Gasteiger charge is -2.15. The molecule has 0 aliphatic heterocycles. The Balaban J connectivity index is 3.00. The molecule has 1 amide bonds. The minimum Gasteiger partial charge on any atom is -0.465 e. The van der Waals surface area contributed by atoms with E-state index >= 15 is 0 Å². The number of hydrogen-bond acceptors (Lipinski definition) is 3. The highest BCUT2D eigenvalue weighted by atomic mass is 16.4. The van der Waals surface area contributed by atoms with E-state index in [4.69, 9.17) is 9.52 Å². The second-order valence-electron chi connectivity index (χ2n) is 4.17. The van der Waals surface area contributed by atoms with E-state index in [9.17, 15) is 9.59 Å². The molecule has 1 rings (SSSR count). The van der Waals surface area contributed by atoms with E-state index in [1.807, 2.05) is 0 Å². The molecule has 1 heterocycles. The molecule has 0 spiro atoms. The zero-order valence-corrected chi connectivity index (χ0v) is 8.83. The lowest BCUT2D eigenvalue weighted by Crippen LogP contribution is -2.21. The number of Topliss-reactive ketones (excluding diaryl/α,β-unsaturated/α-hetero) is 1. The predicted molar refractivity (Wildman–Crippen MR) is 54.1 cm³/mol. The maximum Gasteiger partial charge on any atom is 0.409 e. The average molecular weight is 211 g/mol. The Kier molecular flexibility index (Phi) is 2.83. The van der Waals surface area contributed by atoms with Gasteiger partial charge in [-0.05, 0) is 0 Å². The van der Waals surface area contributed by atoms with Crippen molar-refractivity contribution in [2.75, 3.05) is 5.32 Å². The Morgan fingerprint density at radius 1 is 1.40 bits per heavy atom. The first-order valence-corrected chi connectivity index (χ1v) is 4.44. The maximum atomic E-state index is 11.8. The van der Waals surface area contributed by atoms with Crippen LogP contribution in [0.15, 0.2) is 16.7 Å². The van der Waals surface area contributed by atoms with Crippen LogP contribution in [-0.4, -0.2) is 17.0 Å². The summed E-state index contributed by atoms with van der Waals surface area (Å²) in [6.45, 7) is 5.22. The molecule has 82 valence electrons. The van der Waals surface area contributed by atoms with E-state index in [1.165, 1.54) is 12.3 Å². The van der Waals surface area contributed by atoms with Crippen LogP contribution in [0.4, 0.5) is 10.5 Å². The van der Waals surface area contributed by atoms with Crippen molar-refractivity contribution in [1.29, 1.82) is 0 Å². The van der Waals surface area contributed by atoms with Crippen LogP contribution in [0.25, 0.3) is 0 Å². The summed E-state index contributed by atoms with van der Waals surface area (Å²) in [5, 5.41) is 10.6. The molecule has 0 aliphatic rings. The van der Waals surface area contributed by atoms with Gasteiger partial charge in [-0.1, -0.05) is 20.8 Å². The molecule has 0 saturated heterocycles. The molecule has 0 aliphatic carbocycles. The zero-order chi connectivity index (χ0) is 11.6. The highest BCUT2D eigenvalue weighted by Crippen LogP contribution is 2.26. The predicted octanol–water partition coefficient (Wildman–Crippen LogP) is 2.60. The summed E-state index contributed by atoms with van der Waals surface area (Å²) in [6.07, 6.45) is 0.0592. The molecule has 0 radical (unpaired) electrons. The minimum atomic E-state index is -1.22. The first-order valence-electron chi connectivity index (χ1n) is 4.44. The summed E-state index contributed by atoms with van der Waals surface area (Å²) in [6, 6.07) is 1.41. The standard InChI is InChI=1S/C10H13NO4/c1-10(2,3)8(12)7-6(4-5-15-7)11-9(13)14/h4-5,11H,1-3H3,(H,13,14). The average Bonchev–Trinajstić information content (AvgIpc) is 2.48. The number of amides is 1. The van der Waals surface area contributed by atoms with E-state index in [2.05, 4.69) is 5.32 Å². The van der Waals surface area contributed by atoms with Gasteiger partial charge in [0.05, 0.1) is 12.0 Å². The highest BCUT2D eigenvalue weighted by molar-refractivity contribution is 6.03. The van der Waals surface area contributed by atoms with Crippen molar-refractivity contribution in [3.63, 3.8) is 0 Å². The van der Waals surface area contributed by atoms with Crippen molar-refractivity contribution in [3.05, 3.63) is 18.1 Å². The Bertz CT molecular complexity index is 386. The van der Waals surface area contributed by atoms with Crippen LogP contribution in [0, 0.1) is 5.41 Å². The number of anilines is 1. The third-order valence-corrected chi connectivity index (χ3v) is 1.79. The summed E-state index contributed by atoms with van der Waals surface area (Å²) in [7, 11) is 0. The van der Waals surface area contributed by atoms with E-state index in [-0.39, 0.29) is 17.2 Å². The quantitative estimate of drug-likeness (QED) is 0.737. The summed E-state index contributed by atoms with van der Waals surface area (Å²) < 4.78 is 4.98. The number of rotatable bonds is 2. The molecule has 0 unspecified atom stereocenters. The van der Waals surface area contributed by atoms with Crippen molar-refractivity contribution >= 4 is 17.6 Å². The molecule has 5 nitrogen and oxygen atoms in total. The maximum absolute atomic E-state index is 11.8. The van der Waals surface area contributed by atoms with Crippen molar-refractivity contribution in [2.24, 2.45) is 5.41 Å². The number of carbonyl (C=O) groups is 2. The van der Waals surface area contributed by atoms with Gasteiger partial charge in [0.15, 0.2) is 5.76 Å². The molecule has 1 aromatic heterocycles. The molecule has 5 heteroatoms. The van der Waals surface area contributed by atoms with E-state index in [0.29, 0.717) is 0 Å². The van der Waals surface area contributed by atoms with Crippen molar-refractivity contribution in [1.82, 2.24) is 0 Å².